The summed E-state index contributed by atoms with van der Waals surface area (Å²) in [5, 5.41) is 12.3. The van der Waals surface area contributed by atoms with Gasteiger partial charge in [-0.3, -0.25) is 4.79 Å². The number of nitrogens with one attached hydrogen (secondary N) is 1. The van der Waals surface area contributed by atoms with Gasteiger partial charge in [-0.2, -0.15) is 0 Å². The SMILES string of the molecule is CC(O)(CNC(=O)c1c(F)cc(F)cc1F)c1ccco1. The monoisotopic (exact) mass is 299 g/mol. The minimum Gasteiger partial charge on any atom is -0.466 e. The van der Waals surface area contributed by atoms with Crippen molar-refractivity contribution in [2.24, 2.45) is 0 Å². The smallest absolute Gasteiger partial charge is 0.257 e. The third-order valence-corrected chi connectivity index (χ3v) is 2.88. The molecule has 2 N–H and O–H groups in total. The maximum atomic E-state index is 13.4. The van der Waals surface area contributed by atoms with E-state index in [2.05, 4.69) is 5.32 Å². The predicted octanol–water partition coefficient (Wildman–Crippen LogP) is 2.33. The maximum absolute atomic E-state index is 13.4. The fourth-order valence-electron chi connectivity index (χ4n) is 1.77. The molecular formula is C14H12F3NO3. The van der Waals surface area contributed by atoms with Crippen LogP contribution in [0.1, 0.15) is 23.0 Å². The van der Waals surface area contributed by atoms with Gasteiger partial charge in [-0.05, 0) is 19.1 Å². The number of halogens is 3. The molecular weight excluding hydrogens is 287 g/mol. The zero-order chi connectivity index (χ0) is 15.6. The van der Waals surface area contributed by atoms with Crippen LogP contribution in [0.4, 0.5) is 13.2 Å². The van der Waals surface area contributed by atoms with Gasteiger partial charge in [0, 0.05) is 12.1 Å². The van der Waals surface area contributed by atoms with Crippen molar-refractivity contribution in [3.8, 4) is 0 Å². The molecule has 0 aliphatic rings. The summed E-state index contributed by atoms with van der Waals surface area (Å²) in [5.74, 6) is -4.67. The lowest BCUT2D eigenvalue weighted by molar-refractivity contribution is 0.0329. The molecule has 1 aromatic carbocycles. The van der Waals surface area contributed by atoms with Gasteiger partial charge in [-0.15, -0.1) is 0 Å². The van der Waals surface area contributed by atoms with E-state index in [1.807, 2.05) is 0 Å². The van der Waals surface area contributed by atoms with Crippen molar-refractivity contribution in [2.75, 3.05) is 6.54 Å². The highest BCUT2D eigenvalue weighted by atomic mass is 19.1. The third kappa shape index (κ3) is 3.25. The summed E-state index contributed by atoms with van der Waals surface area (Å²) in [6, 6.07) is 3.85. The van der Waals surface area contributed by atoms with Gasteiger partial charge in [0.05, 0.1) is 12.8 Å². The minimum atomic E-state index is -1.55. The average molecular weight is 299 g/mol. The van der Waals surface area contributed by atoms with Crippen molar-refractivity contribution in [1.82, 2.24) is 5.32 Å². The molecule has 2 rings (SSSR count). The summed E-state index contributed by atoms with van der Waals surface area (Å²) in [6.45, 7) is 1.03. The second kappa shape index (κ2) is 5.61. The van der Waals surface area contributed by atoms with E-state index in [9.17, 15) is 23.1 Å². The quantitative estimate of drug-likeness (QED) is 0.911. The first-order valence-electron chi connectivity index (χ1n) is 6.00. The maximum Gasteiger partial charge on any atom is 0.257 e. The van der Waals surface area contributed by atoms with E-state index < -0.39 is 34.5 Å². The second-order valence-electron chi connectivity index (χ2n) is 4.68. The summed E-state index contributed by atoms with van der Waals surface area (Å²) in [6.07, 6.45) is 1.34. The first-order chi connectivity index (χ1) is 9.81. The van der Waals surface area contributed by atoms with E-state index in [4.69, 9.17) is 4.42 Å². The lowest BCUT2D eigenvalue weighted by Crippen LogP contribution is -2.39. The molecule has 1 aromatic heterocycles. The molecule has 1 unspecified atom stereocenters. The average Bonchev–Trinajstić information content (AvgIpc) is 2.89. The highest BCUT2D eigenvalue weighted by molar-refractivity contribution is 5.94. The Morgan fingerprint density at radius 3 is 2.48 bits per heavy atom. The third-order valence-electron chi connectivity index (χ3n) is 2.88. The van der Waals surface area contributed by atoms with Gasteiger partial charge in [0.15, 0.2) is 0 Å². The Morgan fingerprint density at radius 1 is 1.33 bits per heavy atom. The van der Waals surface area contributed by atoms with E-state index in [0.29, 0.717) is 12.1 Å². The van der Waals surface area contributed by atoms with Gasteiger partial charge in [-0.1, -0.05) is 0 Å². The van der Waals surface area contributed by atoms with Gasteiger partial charge in [0.2, 0.25) is 0 Å². The van der Waals surface area contributed by atoms with Crippen LogP contribution in [0.2, 0.25) is 0 Å². The van der Waals surface area contributed by atoms with Crippen LogP contribution in [0.5, 0.6) is 0 Å². The molecule has 0 aliphatic carbocycles. The van der Waals surface area contributed by atoms with Crippen LogP contribution in [0, 0.1) is 17.5 Å². The number of benzene rings is 1. The molecule has 0 fully saturated rings. The standard InChI is InChI=1S/C14H12F3NO3/c1-14(20,11-3-2-4-21-11)7-18-13(19)12-9(16)5-8(15)6-10(12)17/h2-6,20H,7H2,1H3,(H,18,19). The Hall–Kier alpha value is -2.28. The minimum absolute atomic E-state index is 0.183. The molecule has 112 valence electrons. The Kier molecular flexibility index (Phi) is 4.04. The molecule has 0 radical (unpaired) electrons. The van der Waals surface area contributed by atoms with Gasteiger partial charge in [0.25, 0.3) is 5.91 Å². The first kappa shape index (κ1) is 15.1. The Balaban J connectivity index is 2.13. The van der Waals surface area contributed by atoms with Crippen molar-refractivity contribution in [3.05, 3.63) is 59.3 Å². The molecule has 21 heavy (non-hydrogen) atoms. The van der Waals surface area contributed by atoms with Crippen molar-refractivity contribution < 1.29 is 27.5 Å². The number of aliphatic hydroxyl groups is 1. The summed E-state index contributed by atoms with van der Waals surface area (Å²) in [4.78, 5) is 11.8. The van der Waals surface area contributed by atoms with Crippen LogP contribution >= 0.6 is 0 Å². The van der Waals surface area contributed by atoms with Crippen LogP contribution in [0.15, 0.2) is 34.9 Å². The molecule has 0 aliphatic heterocycles. The molecule has 7 heteroatoms. The summed E-state index contributed by atoms with van der Waals surface area (Å²) >= 11 is 0. The van der Waals surface area contributed by atoms with Gasteiger partial charge < -0.3 is 14.8 Å². The number of rotatable bonds is 4. The van der Waals surface area contributed by atoms with Crippen LogP contribution in [0.3, 0.4) is 0 Å². The molecule has 2 aromatic rings. The van der Waals surface area contributed by atoms with Crippen molar-refractivity contribution in [1.29, 1.82) is 0 Å². The van der Waals surface area contributed by atoms with E-state index in [-0.39, 0.29) is 12.3 Å². The van der Waals surface area contributed by atoms with E-state index >= 15 is 0 Å². The number of hydrogen-bond acceptors (Lipinski definition) is 3. The second-order valence-corrected chi connectivity index (χ2v) is 4.68. The number of hydrogen-bond donors (Lipinski definition) is 2. The molecule has 0 saturated carbocycles. The summed E-state index contributed by atoms with van der Waals surface area (Å²) in [5.41, 5.74) is -2.46. The number of amides is 1. The highest BCUT2D eigenvalue weighted by Crippen LogP contribution is 2.20. The Morgan fingerprint density at radius 2 is 1.95 bits per heavy atom. The van der Waals surface area contributed by atoms with Crippen molar-refractivity contribution in [3.63, 3.8) is 0 Å². The van der Waals surface area contributed by atoms with Gasteiger partial charge in [0.1, 0.15) is 34.4 Å². The molecule has 1 heterocycles. The van der Waals surface area contributed by atoms with E-state index in [1.165, 1.54) is 19.3 Å². The van der Waals surface area contributed by atoms with Gasteiger partial charge in [-0.25, -0.2) is 13.2 Å². The topological polar surface area (TPSA) is 62.5 Å². The molecule has 1 amide bonds. The summed E-state index contributed by atoms with van der Waals surface area (Å²) < 4.78 is 44.6. The Bertz CT molecular complexity index is 630. The molecule has 0 bridgehead atoms. The fraction of sp³-hybridized carbons (Fsp3) is 0.214. The van der Waals surface area contributed by atoms with Crippen LogP contribution < -0.4 is 5.32 Å². The predicted molar refractivity (Wildman–Crippen MR) is 66.9 cm³/mol. The van der Waals surface area contributed by atoms with E-state index in [1.54, 1.807) is 6.07 Å². The lowest BCUT2D eigenvalue weighted by Gasteiger charge is -2.21. The van der Waals surface area contributed by atoms with Crippen LogP contribution in [-0.4, -0.2) is 17.6 Å². The number of carbonyl (C=O) groups is 1. The normalized spacial score (nSPS) is 13.8. The molecule has 0 saturated heterocycles. The molecule has 1 atom stereocenters. The van der Waals surface area contributed by atoms with Crippen LogP contribution in [-0.2, 0) is 5.60 Å². The first-order valence-corrected chi connectivity index (χ1v) is 6.00. The zero-order valence-corrected chi connectivity index (χ0v) is 11.0. The Labute approximate surface area is 118 Å². The highest BCUT2D eigenvalue weighted by Gasteiger charge is 2.28. The lowest BCUT2D eigenvalue weighted by atomic mass is 10.0. The van der Waals surface area contributed by atoms with Gasteiger partial charge >= 0.3 is 0 Å². The number of carbonyl (C=O) groups excluding carboxylic acids is 1. The van der Waals surface area contributed by atoms with Crippen molar-refractivity contribution in [2.45, 2.75) is 12.5 Å². The van der Waals surface area contributed by atoms with Crippen molar-refractivity contribution >= 4 is 5.91 Å². The number of furan rings is 1. The fourth-order valence-corrected chi connectivity index (χ4v) is 1.77. The van der Waals surface area contributed by atoms with Crippen LogP contribution in [0.25, 0.3) is 0 Å². The molecule has 0 spiro atoms. The zero-order valence-electron chi connectivity index (χ0n) is 11.0. The van der Waals surface area contributed by atoms with E-state index in [0.717, 1.165) is 0 Å². The largest absolute Gasteiger partial charge is 0.466 e. The summed E-state index contributed by atoms with van der Waals surface area (Å²) in [7, 11) is 0. The molecule has 4 nitrogen and oxygen atoms in total.